The third kappa shape index (κ3) is 6.07. The van der Waals surface area contributed by atoms with Crippen molar-refractivity contribution in [1.29, 1.82) is 0 Å². The summed E-state index contributed by atoms with van der Waals surface area (Å²) >= 11 is 1.39. The Kier molecular flexibility index (Phi) is 6.76. The van der Waals surface area contributed by atoms with Crippen LogP contribution in [-0.4, -0.2) is 29.8 Å². The van der Waals surface area contributed by atoms with E-state index in [1.807, 2.05) is 54.6 Å². The second-order valence-corrected chi connectivity index (χ2v) is 6.90. The lowest BCUT2D eigenvalue weighted by atomic mass is 10.1. The smallest absolute Gasteiger partial charge is 0.226 e. The first-order chi connectivity index (χ1) is 13.2. The lowest BCUT2D eigenvalue weighted by Crippen LogP contribution is -2.12. The molecule has 0 saturated carbocycles. The van der Waals surface area contributed by atoms with Crippen molar-refractivity contribution in [3.8, 4) is 11.5 Å². The zero-order valence-corrected chi connectivity index (χ0v) is 15.9. The van der Waals surface area contributed by atoms with Gasteiger partial charge in [0, 0.05) is 12.8 Å². The molecule has 0 saturated heterocycles. The second kappa shape index (κ2) is 9.68. The molecule has 0 unspecified atom stereocenters. The number of anilines is 1. The highest BCUT2D eigenvalue weighted by Crippen LogP contribution is 2.20. The van der Waals surface area contributed by atoms with Gasteiger partial charge in [-0.3, -0.25) is 4.79 Å². The van der Waals surface area contributed by atoms with Crippen molar-refractivity contribution >= 4 is 22.4 Å². The Hall–Kier alpha value is -2.93. The topological polar surface area (TPSA) is 73.3 Å². The van der Waals surface area contributed by atoms with E-state index in [2.05, 4.69) is 15.5 Å². The maximum absolute atomic E-state index is 12.0. The van der Waals surface area contributed by atoms with Gasteiger partial charge in [0.1, 0.15) is 16.5 Å². The van der Waals surface area contributed by atoms with Crippen LogP contribution >= 0.6 is 11.3 Å². The van der Waals surface area contributed by atoms with Crippen LogP contribution < -0.4 is 14.8 Å². The number of methoxy groups -OCH3 is 1. The fourth-order valence-corrected chi connectivity index (χ4v) is 3.20. The first kappa shape index (κ1) is 18.8. The van der Waals surface area contributed by atoms with Gasteiger partial charge in [-0.2, -0.15) is 0 Å². The van der Waals surface area contributed by atoms with E-state index in [0.717, 1.165) is 22.1 Å². The van der Waals surface area contributed by atoms with Gasteiger partial charge in [-0.1, -0.05) is 41.7 Å². The molecular weight excluding hydrogens is 362 g/mol. The minimum atomic E-state index is -0.0844. The quantitative estimate of drug-likeness (QED) is 0.567. The van der Waals surface area contributed by atoms with Crippen LogP contribution in [0.2, 0.25) is 0 Å². The molecule has 0 bridgehead atoms. The predicted octanol–water partition coefficient (Wildman–Crippen LogP) is 3.94. The molecule has 1 heterocycles. The summed E-state index contributed by atoms with van der Waals surface area (Å²) in [5.74, 6) is 1.55. The van der Waals surface area contributed by atoms with Crippen LogP contribution in [0.15, 0.2) is 54.6 Å². The number of hydrogen-bond acceptors (Lipinski definition) is 6. The fraction of sp³-hybridized carbons (Fsp3) is 0.250. The Balaban J connectivity index is 1.40. The molecule has 0 aliphatic carbocycles. The first-order valence-corrected chi connectivity index (χ1v) is 9.47. The van der Waals surface area contributed by atoms with Crippen molar-refractivity contribution in [3.05, 3.63) is 65.2 Å². The third-order valence-electron chi connectivity index (χ3n) is 3.79. The van der Waals surface area contributed by atoms with E-state index in [0.29, 0.717) is 31.0 Å². The molecule has 1 amide bonds. The number of rotatable bonds is 9. The highest BCUT2D eigenvalue weighted by atomic mass is 32.1. The summed E-state index contributed by atoms with van der Waals surface area (Å²) in [5.41, 5.74) is 1.11. The third-order valence-corrected chi connectivity index (χ3v) is 4.63. The lowest BCUT2D eigenvalue weighted by molar-refractivity contribution is -0.116. The monoisotopic (exact) mass is 383 g/mol. The number of amides is 1. The molecule has 3 rings (SSSR count). The van der Waals surface area contributed by atoms with Crippen LogP contribution in [-0.2, 0) is 11.2 Å². The van der Waals surface area contributed by atoms with Gasteiger partial charge in [0.15, 0.2) is 0 Å². The molecule has 140 valence electrons. The normalized spacial score (nSPS) is 10.4. The van der Waals surface area contributed by atoms with E-state index in [1.54, 1.807) is 7.11 Å². The summed E-state index contributed by atoms with van der Waals surface area (Å²) in [6, 6.07) is 17.4. The Morgan fingerprint density at radius 2 is 1.81 bits per heavy atom. The van der Waals surface area contributed by atoms with Crippen LogP contribution in [0, 0.1) is 0 Å². The number of benzene rings is 2. The van der Waals surface area contributed by atoms with Crippen molar-refractivity contribution in [2.24, 2.45) is 0 Å². The molecule has 0 fully saturated rings. The van der Waals surface area contributed by atoms with Gasteiger partial charge >= 0.3 is 0 Å². The molecule has 0 aliphatic rings. The summed E-state index contributed by atoms with van der Waals surface area (Å²) in [7, 11) is 1.64. The molecule has 1 N–H and O–H groups in total. The van der Waals surface area contributed by atoms with E-state index in [9.17, 15) is 4.79 Å². The maximum atomic E-state index is 12.0. The van der Waals surface area contributed by atoms with Gasteiger partial charge in [0.05, 0.1) is 13.7 Å². The number of ether oxygens (including phenoxy) is 2. The van der Waals surface area contributed by atoms with Crippen LogP contribution in [0.4, 0.5) is 5.13 Å². The van der Waals surface area contributed by atoms with Gasteiger partial charge in [0.25, 0.3) is 0 Å². The van der Waals surface area contributed by atoms with Crippen molar-refractivity contribution in [3.63, 3.8) is 0 Å². The molecule has 3 aromatic rings. The average Bonchev–Trinajstić information content (AvgIpc) is 3.13. The minimum absolute atomic E-state index is 0.0844. The highest BCUT2D eigenvalue weighted by Gasteiger charge is 2.09. The molecule has 6 nitrogen and oxygen atoms in total. The number of para-hydroxylation sites is 1. The van der Waals surface area contributed by atoms with Gasteiger partial charge < -0.3 is 14.8 Å². The SMILES string of the molecule is COc1ccc(Cc2nnc(NC(=O)CCCOc3ccccc3)s2)cc1. The number of carbonyl (C=O) groups excluding carboxylic acids is 1. The largest absolute Gasteiger partial charge is 0.497 e. The predicted molar refractivity (Wildman–Crippen MR) is 106 cm³/mol. The number of aromatic nitrogens is 2. The van der Waals surface area contributed by atoms with Crippen LogP contribution in [0.25, 0.3) is 0 Å². The van der Waals surface area contributed by atoms with E-state index in [-0.39, 0.29) is 5.91 Å². The minimum Gasteiger partial charge on any atom is -0.497 e. The van der Waals surface area contributed by atoms with Crippen molar-refractivity contribution in [2.45, 2.75) is 19.3 Å². The summed E-state index contributed by atoms with van der Waals surface area (Å²) < 4.78 is 10.7. The summed E-state index contributed by atoms with van der Waals surface area (Å²) in [5, 5.41) is 12.3. The summed E-state index contributed by atoms with van der Waals surface area (Å²) in [4.78, 5) is 12.0. The highest BCUT2D eigenvalue weighted by molar-refractivity contribution is 7.15. The molecule has 0 aliphatic heterocycles. The van der Waals surface area contributed by atoms with E-state index in [4.69, 9.17) is 9.47 Å². The van der Waals surface area contributed by atoms with Crippen molar-refractivity contribution in [1.82, 2.24) is 10.2 Å². The first-order valence-electron chi connectivity index (χ1n) is 8.66. The average molecular weight is 383 g/mol. The molecule has 27 heavy (non-hydrogen) atoms. The Bertz CT molecular complexity index is 850. The van der Waals surface area contributed by atoms with E-state index < -0.39 is 0 Å². The molecule has 2 aromatic carbocycles. The van der Waals surface area contributed by atoms with Crippen molar-refractivity contribution in [2.75, 3.05) is 19.0 Å². The summed E-state index contributed by atoms with van der Waals surface area (Å²) in [6.07, 6.45) is 1.68. The molecule has 7 heteroatoms. The Labute approximate surface area is 162 Å². The zero-order valence-electron chi connectivity index (χ0n) is 15.1. The number of hydrogen-bond donors (Lipinski definition) is 1. The lowest BCUT2D eigenvalue weighted by Gasteiger charge is -2.05. The maximum Gasteiger partial charge on any atom is 0.226 e. The zero-order chi connectivity index (χ0) is 18.9. The van der Waals surface area contributed by atoms with Gasteiger partial charge in [-0.05, 0) is 36.2 Å². The molecule has 1 aromatic heterocycles. The van der Waals surface area contributed by atoms with Gasteiger partial charge in [-0.15, -0.1) is 10.2 Å². The van der Waals surface area contributed by atoms with Crippen LogP contribution in [0.5, 0.6) is 11.5 Å². The number of carbonyl (C=O) groups is 1. The fourth-order valence-electron chi connectivity index (χ4n) is 2.41. The Morgan fingerprint density at radius 1 is 1.04 bits per heavy atom. The second-order valence-electron chi connectivity index (χ2n) is 5.84. The van der Waals surface area contributed by atoms with E-state index >= 15 is 0 Å². The van der Waals surface area contributed by atoms with Gasteiger partial charge in [0.2, 0.25) is 11.0 Å². The van der Waals surface area contributed by atoms with Crippen molar-refractivity contribution < 1.29 is 14.3 Å². The molecule has 0 spiro atoms. The molecular formula is C20H21N3O3S. The number of nitrogens with zero attached hydrogens (tertiary/aromatic N) is 2. The standard InChI is InChI=1S/C20H21N3O3S/c1-25-16-11-9-15(10-12-16)14-19-22-23-20(27-19)21-18(24)8-5-13-26-17-6-3-2-4-7-17/h2-4,6-7,9-12H,5,8,13-14H2,1H3,(H,21,23,24). The van der Waals surface area contributed by atoms with Crippen LogP contribution in [0.3, 0.4) is 0 Å². The summed E-state index contributed by atoms with van der Waals surface area (Å²) in [6.45, 7) is 0.496. The number of nitrogens with one attached hydrogen (secondary N) is 1. The molecule has 0 atom stereocenters. The Morgan fingerprint density at radius 3 is 2.56 bits per heavy atom. The van der Waals surface area contributed by atoms with Gasteiger partial charge in [-0.25, -0.2) is 0 Å². The molecule has 0 radical (unpaired) electrons. The van der Waals surface area contributed by atoms with Crippen LogP contribution in [0.1, 0.15) is 23.4 Å². The van der Waals surface area contributed by atoms with E-state index in [1.165, 1.54) is 11.3 Å².